The molecule has 102 valence electrons. The Balaban J connectivity index is 1.77. The Labute approximate surface area is 119 Å². The molecule has 0 amide bonds. The number of hydrogen-bond acceptors (Lipinski definition) is 3. The number of Topliss-reactive ketones (excluding diaryl/α,β-unsaturated/α-hetero) is 1. The molecule has 3 nitrogen and oxygen atoms in total. The number of likely N-dealkylation sites (N-methyl/N-ethyl adjacent to an activating group) is 1. The second kappa shape index (κ2) is 4.89. The normalized spacial score (nSPS) is 23.3. The Hall–Kier alpha value is -0.900. The first-order valence-electron chi connectivity index (χ1n) is 6.86. The summed E-state index contributed by atoms with van der Waals surface area (Å²) < 4.78 is 0. The van der Waals surface area contributed by atoms with Crippen molar-refractivity contribution in [1.82, 2.24) is 9.80 Å². The summed E-state index contributed by atoms with van der Waals surface area (Å²) in [7, 11) is 2.14. The molecular weight excluding hydrogens is 260 g/mol. The highest BCUT2D eigenvalue weighted by molar-refractivity contribution is 6.30. The Morgan fingerprint density at radius 2 is 1.68 bits per heavy atom. The van der Waals surface area contributed by atoms with E-state index in [0.29, 0.717) is 5.02 Å². The molecule has 2 aliphatic rings. The first-order chi connectivity index (χ1) is 9.12. The first kappa shape index (κ1) is 13.1. The molecule has 1 saturated carbocycles. The summed E-state index contributed by atoms with van der Waals surface area (Å²) in [4.78, 5) is 17.4. The van der Waals surface area contributed by atoms with Crippen LogP contribution in [0.4, 0.5) is 0 Å². The van der Waals surface area contributed by atoms with E-state index in [1.54, 1.807) is 12.1 Å². The van der Waals surface area contributed by atoms with Gasteiger partial charge in [-0.25, -0.2) is 0 Å². The minimum Gasteiger partial charge on any atom is -0.304 e. The van der Waals surface area contributed by atoms with Gasteiger partial charge in [-0.2, -0.15) is 0 Å². The molecule has 3 rings (SSSR count). The predicted octanol–water partition coefficient (Wildman–Crippen LogP) is 2.30. The van der Waals surface area contributed by atoms with Gasteiger partial charge in [0.25, 0.3) is 0 Å². The van der Waals surface area contributed by atoms with E-state index in [1.165, 1.54) is 0 Å². The van der Waals surface area contributed by atoms with Crippen molar-refractivity contribution < 1.29 is 4.79 Å². The highest BCUT2D eigenvalue weighted by Gasteiger charge is 2.54. The van der Waals surface area contributed by atoms with Crippen molar-refractivity contribution in [3.8, 4) is 0 Å². The van der Waals surface area contributed by atoms with E-state index < -0.39 is 0 Å². The van der Waals surface area contributed by atoms with Crippen LogP contribution in [0, 0.1) is 0 Å². The Morgan fingerprint density at radius 1 is 1.11 bits per heavy atom. The maximum atomic E-state index is 12.7. The number of hydrogen-bond donors (Lipinski definition) is 0. The number of piperazine rings is 1. The van der Waals surface area contributed by atoms with Crippen LogP contribution in [-0.4, -0.2) is 54.3 Å². The molecule has 0 spiro atoms. The molecular formula is C15H19ClN2O. The second-order valence-corrected chi connectivity index (χ2v) is 6.09. The fourth-order valence-electron chi connectivity index (χ4n) is 2.91. The maximum Gasteiger partial charge on any atom is 0.183 e. The van der Waals surface area contributed by atoms with Gasteiger partial charge in [0.15, 0.2) is 5.78 Å². The fraction of sp³-hybridized carbons (Fsp3) is 0.533. The summed E-state index contributed by atoms with van der Waals surface area (Å²) in [6, 6.07) is 7.30. The van der Waals surface area contributed by atoms with Gasteiger partial charge >= 0.3 is 0 Å². The largest absolute Gasteiger partial charge is 0.304 e. The molecule has 0 aromatic heterocycles. The van der Waals surface area contributed by atoms with Crippen LogP contribution in [-0.2, 0) is 0 Å². The molecule has 19 heavy (non-hydrogen) atoms. The Morgan fingerprint density at radius 3 is 2.21 bits per heavy atom. The zero-order valence-electron chi connectivity index (χ0n) is 11.2. The molecule has 4 heteroatoms. The smallest absolute Gasteiger partial charge is 0.183 e. The maximum absolute atomic E-state index is 12.7. The molecule has 2 fully saturated rings. The number of ketones is 1. The molecule has 0 radical (unpaired) electrons. The van der Waals surface area contributed by atoms with Crippen molar-refractivity contribution in [2.45, 2.75) is 18.4 Å². The molecule has 1 saturated heterocycles. The quantitative estimate of drug-likeness (QED) is 0.793. The van der Waals surface area contributed by atoms with Gasteiger partial charge in [0.05, 0.1) is 5.54 Å². The average molecular weight is 279 g/mol. The van der Waals surface area contributed by atoms with E-state index in [0.717, 1.165) is 44.6 Å². The molecule has 1 aliphatic heterocycles. The third-order valence-corrected chi connectivity index (χ3v) is 4.61. The third kappa shape index (κ3) is 2.42. The van der Waals surface area contributed by atoms with Crippen molar-refractivity contribution in [3.05, 3.63) is 34.9 Å². The molecule has 0 N–H and O–H groups in total. The number of carbonyl (C=O) groups excluding carboxylic acids is 1. The number of rotatable bonds is 3. The van der Waals surface area contributed by atoms with Crippen LogP contribution in [0.15, 0.2) is 24.3 Å². The van der Waals surface area contributed by atoms with Crippen molar-refractivity contribution >= 4 is 17.4 Å². The minimum atomic E-state index is -0.213. The zero-order chi connectivity index (χ0) is 13.5. The van der Waals surface area contributed by atoms with Crippen LogP contribution < -0.4 is 0 Å². The van der Waals surface area contributed by atoms with Gasteiger partial charge < -0.3 is 4.90 Å². The van der Waals surface area contributed by atoms with Gasteiger partial charge in [-0.3, -0.25) is 9.69 Å². The van der Waals surface area contributed by atoms with Crippen molar-refractivity contribution in [1.29, 1.82) is 0 Å². The van der Waals surface area contributed by atoms with E-state index in [-0.39, 0.29) is 11.3 Å². The van der Waals surface area contributed by atoms with Gasteiger partial charge in [-0.05, 0) is 44.2 Å². The lowest BCUT2D eigenvalue weighted by Crippen LogP contribution is -2.53. The van der Waals surface area contributed by atoms with E-state index in [1.807, 2.05) is 12.1 Å². The average Bonchev–Trinajstić information content (AvgIpc) is 3.21. The van der Waals surface area contributed by atoms with E-state index in [9.17, 15) is 4.79 Å². The fourth-order valence-corrected chi connectivity index (χ4v) is 3.04. The van der Waals surface area contributed by atoms with Gasteiger partial charge in [0.1, 0.15) is 0 Å². The second-order valence-electron chi connectivity index (χ2n) is 5.66. The minimum absolute atomic E-state index is 0.213. The summed E-state index contributed by atoms with van der Waals surface area (Å²) in [5, 5.41) is 0.681. The molecule has 1 heterocycles. The Kier molecular flexibility index (Phi) is 3.37. The molecule has 1 aromatic carbocycles. The summed E-state index contributed by atoms with van der Waals surface area (Å²) in [5.74, 6) is 0.272. The molecule has 1 aliphatic carbocycles. The highest BCUT2D eigenvalue weighted by atomic mass is 35.5. The van der Waals surface area contributed by atoms with Crippen LogP contribution >= 0.6 is 11.6 Å². The number of nitrogens with zero attached hydrogens (tertiary/aromatic N) is 2. The van der Waals surface area contributed by atoms with Gasteiger partial charge in [0.2, 0.25) is 0 Å². The van der Waals surface area contributed by atoms with Crippen molar-refractivity contribution in [3.63, 3.8) is 0 Å². The number of halogens is 1. The molecule has 0 atom stereocenters. The lowest BCUT2D eigenvalue weighted by Gasteiger charge is -2.37. The molecule has 0 bridgehead atoms. The summed E-state index contributed by atoms with van der Waals surface area (Å²) in [5.41, 5.74) is 0.579. The monoisotopic (exact) mass is 278 g/mol. The number of carbonyl (C=O) groups is 1. The van der Waals surface area contributed by atoms with Crippen molar-refractivity contribution in [2.24, 2.45) is 0 Å². The SMILES string of the molecule is CN1CCN(C2(C(=O)c3ccc(Cl)cc3)CC2)CC1. The van der Waals surface area contributed by atoms with Crippen molar-refractivity contribution in [2.75, 3.05) is 33.2 Å². The van der Waals surface area contributed by atoms with E-state index >= 15 is 0 Å². The van der Waals surface area contributed by atoms with Crippen LogP contribution in [0.1, 0.15) is 23.2 Å². The molecule has 0 unspecified atom stereocenters. The van der Waals surface area contributed by atoms with Gasteiger partial charge in [-0.15, -0.1) is 0 Å². The lowest BCUT2D eigenvalue weighted by molar-refractivity contribution is 0.0646. The Bertz CT molecular complexity index is 473. The van der Waals surface area contributed by atoms with Gasteiger partial charge in [-0.1, -0.05) is 11.6 Å². The number of benzene rings is 1. The van der Waals surface area contributed by atoms with E-state index in [2.05, 4.69) is 16.8 Å². The topological polar surface area (TPSA) is 23.6 Å². The molecule has 1 aromatic rings. The standard InChI is InChI=1S/C15H19ClN2O/c1-17-8-10-18(11-9-17)15(6-7-15)14(19)12-2-4-13(16)5-3-12/h2-5H,6-11H2,1H3. The van der Waals surface area contributed by atoms with Crippen LogP contribution in [0.2, 0.25) is 5.02 Å². The highest BCUT2D eigenvalue weighted by Crippen LogP contribution is 2.44. The first-order valence-corrected chi connectivity index (χ1v) is 7.24. The van der Waals surface area contributed by atoms with Crippen LogP contribution in [0.3, 0.4) is 0 Å². The summed E-state index contributed by atoms with van der Waals surface area (Å²) >= 11 is 5.88. The van der Waals surface area contributed by atoms with E-state index in [4.69, 9.17) is 11.6 Å². The van der Waals surface area contributed by atoms with Crippen LogP contribution in [0.25, 0.3) is 0 Å². The summed E-state index contributed by atoms with van der Waals surface area (Å²) in [6.07, 6.45) is 2.00. The van der Waals surface area contributed by atoms with Gasteiger partial charge in [0, 0.05) is 36.8 Å². The van der Waals surface area contributed by atoms with Crippen LogP contribution in [0.5, 0.6) is 0 Å². The zero-order valence-corrected chi connectivity index (χ0v) is 12.0. The lowest BCUT2D eigenvalue weighted by atomic mass is 10.00. The third-order valence-electron chi connectivity index (χ3n) is 4.36. The predicted molar refractivity (Wildman–Crippen MR) is 76.8 cm³/mol. The summed E-state index contributed by atoms with van der Waals surface area (Å²) in [6.45, 7) is 4.09.